The lowest BCUT2D eigenvalue weighted by molar-refractivity contribution is 0.0937. The van der Waals surface area contributed by atoms with Gasteiger partial charge in [-0.15, -0.1) is 0 Å². The van der Waals surface area contributed by atoms with Gasteiger partial charge in [0.15, 0.2) is 0 Å². The van der Waals surface area contributed by atoms with E-state index in [1.807, 2.05) is 24.5 Å². The van der Waals surface area contributed by atoms with E-state index in [0.29, 0.717) is 36.6 Å². The molecule has 2 aromatic carbocycles. The molecule has 7 nitrogen and oxygen atoms in total. The van der Waals surface area contributed by atoms with Crippen molar-refractivity contribution >= 4 is 23.2 Å². The van der Waals surface area contributed by atoms with Crippen molar-refractivity contribution in [3.05, 3.63) is 93.4 Å². The van der Waals surface area contributed by atoms with Crippen LogP contribution in [0.2, 0.25) is 0 Å². The second-order valence-electron chi connectivity index (χ2n) is 10.2. The number of carbonyl (C=O) groups excluding carboxylic acids is 2. The molecule has 198 valence electrons. The number of hydrogen-bond donors (Lipinski definition) is 2. The van der Waals surface area contributed by atoms with Gasteiger partial charge in [0.05, 0.1) is 11.4 Å². The van der Waals surface area contributed by atoms with Gasteiger partial charge in [-0.2, -0.15) is 0 Å². The molecule has 0 aliphatic carbocycles. The highest BCUT2D eigenvalue weighted by Gasteiger charge is 2.35. The number of rotatable bonds is 6. The van der Waals surface area contributed by atoms with E-state index in [1.54, 1.807) is 30.3 Å². The Kier molecular flexibility index (Phi) is 7.01. The van der Waals surface area contributed by atoms with Crippen molar-refractivity contribution in [2.75, 3.05) is 23.3 Å². The smallest absolute Gasteiger partial charge is 0.261 e. The number of nitrogens with one attached hydrogen (secondary N) is 2. The molecule has 1 aromatic heterocycles. The number of hydrogen-bond acceptors (Lipinski definition) is 4. The maximum atomic E-state index is 14.4. The summed E-state index contributed by atoms with van der Waals surface area (Å²) in [4.78, 5) is 40.4. The van der Waals surface area contributed by atoms with E-state index in [4.69, 9.17) is 0 Å². The molecular weight excluding hydrogens is 490 g/mol. The Morgan fingerprint density at radius 2 is 1.74 bits per heavy atom. The van der Waals surface area contributed by atoms with Gasteiger partial charge in [-0.1, -0.05) is 19.1 Å². The molecule has 3 atom stereocenters. The van der Waals surface area contributed by atoms with E-state index in [2.05, 4.69) is 15.5 Å². The molecule has 2 aliphatic rings. The van der Waals surface area contributed by atoms with E-state index in [-0.39, 0.29) is 29.3 Å². The zero-order valence-electron chi connectivity index (χ0n) is 21.3. The molecule has 9 heteroatoms. The van der Waals surface area contributed by atoms with Gasteiger partial charge in [0, 0.05) is 48.9 Å². The summed E-state index contributed by atoms with van der Waals surface area (Å²) in [6, 6.07) is 13.5. The molecule has 3 heterocycles. The van der Waals surface area contributed by atoms with Crippen LogP contribution in [0.25, 0.3) is 0 Å². The number of piperidine rings is 1. The molecule has 38 heavy (non-hydrogen) atoms. The molecular formula is C29H30F2N4O3. The Labute approximate surface area is 219 Å². The number of aromatic nitrogens is 1. The standard InChI is InChI=1S/C29H30F2N4O3/c1-3-17(2)32-28(37)19-10-11-25(23(13-19)33-29(38)27-21(30)6-4-7-22(27)31)34-14-18-12-20(16-34)24-8-5-9-26(36)35(24)15-18/h4-11,13,17-18,20H,3,12,14-16H2,1-2H3,(H,32,37)(H,33,38)/t17-,18+,20-/m0/s1. The van der Waals surface area contributed by atoms with Crippen LogP contribution in [0.1, 0.15) is 59.0 Å². The fourth-order valence-electron chi connectivity index (χ4n) is 5.46. The van der Waals surface area contributed by atoms with Crippen LogP contribution in [0.15, 0.2) is 59.4 Å². The number of carbonyl (C=O) groups is 2. The minimum atomic E-state index is -0.968. The highest BCUT2D eigenvalue weighted by molar-refractivity contribution is 6.07. The number of halogens is 2. The largest absolute Gasteiger partial charge is 0.369 e. The van der Waals surface area contributed by atoms with Crippen molar-refractivity contribution in [3.8, 4) is 0 Å². The van der Waals surface area contributed by atoms with Gasteiger partial charge in [0.25, 0.3) is 17.4 Å². The molecule has 2 amide bonds. The monoisotopic (exact) mass is 520 g/mol. The molecule has 1 fully saturated rings. The van der Waals surface area contributed by atoms with Crippen LogP contribution in [-0.2, 0) is 6.54 Å². The van der Waals surface area contributed by atoms with Crippen LogP contribution in [-0.4, -0.2) is 35.5 Å². The lowest BCUT2D eigenvalue weighted by Gasteiger charge is -2.44. The third kappa shape index (κ3) is 4.92. The van der Waals surface area contributed by atoms with Crippen LogP contribution < -0.4 is 21.1 Å². The van der Waals surface area contributed by atoms with Gasteiger partial charge in [-0.3, -0.25) is 14.4 Å². The maximum absolute atomic E-state index is 14.4. The summed E-state index contributed by atoms with van der Waals surface area (Å²) in [6.07, 6.45) is 1.69. The molecule has 0 unspecified atom stereocenters. The SMILES string of the molecule is CC[C@H](C)NC(=O)c1ccc(N2C[C@H]3C[C@@H](C2)c2cccc(=O)n2C3)c(NC(=O)c2c(F)cccc2F)c1. The average Bonchev–Trinajstić information content (AvgIpc) is 2.89. The quantitative estimate of drug-likeness (QED) is 0.500. The number of anilines is 2. The van der Waals surface area contributed by atoms with Crippen molar-refractivity contribution in [2.24, 2.45) is 5.92 Å². The van der Waals surface area contributed by atoms with Gasteiger partial charge in [0.1, 0.15) is 17.2 Å². The number of amides is 2. The first-order valence-corrected chi connectivity index (χ1v) is 12.9. The number of nitrogens with zero attached hydrogens (tertiary/aromatic N) is 2. The summed E-state index contributed by atoms with van der Waals surface area (Å²) in [7, 11) is 0. The van der Waals surface area contributed by atoms with Crippen LogP contribution >= 0.6 is 0 Å². The van der Waals surface area contributed by atoms with E-state index in [0.717, 1.165) is 30.7 Å². The predicted octanol–water partition coefficient (Wildman–Crippen LogP) is 4.53. The summed E-state index contributed by atoms with van der Waals surface area (Å²) < 4.78 is 30.6. The maximum Gasteiger partial charge on any atom is 0.261 e. The van der Waals surface area contributed by atoms with Crippen LogP contribution in [0, 0.1) is 17.6 Å². The van der Waals surface area contributed by atoms with Crippen LogP contribution in [0.4, 0.5) is 20.2 Å². The molecule has 1 saturated heterocycles. The third-order valence-electron chi connectivity index (χ3n) is 7.51. The van der Waals surface area contributed by atoms with Crippen molar-refractivity contribution in [3.63, 3.8) is 0 Å². The first-order chi connectivity index (χ1) is 18.2. The van der Waals surface area contributed by atoms with Crippen LogP contribution in [0.5, 0.6) is 0 Å². The Bertz CT molecular complexity index is 1430. The Hall–Kier alpha value is -4.01. The molecule has 2 bridgehead atoms. The van der Waals surface area contributed by atoms with E-state index in [9.17, 15) is 23.2 Å². The lowest BCUT2D eigenvalue weighted by Crippen LogP contribution is -2.47. The van der Waals surface area contributed by atoms with E-state index < -0.39 is 23.1 Å². The Morgan fingerprint density at radius 3 is 2.47 bits per heavy atom. The first kappa shape index (κ1) is 25.6. The summed E-state index contributed by atoms with van der Waals surface area (Å²) in [6.45, 7) is 5.68. The summed E-state index contributed by atoms with van der Waals surface area (Å²) >= 11 is 0. The number of pyridine rings is 1. The highest BCUT2D eigenvalue weighted by Crippen LogP contribution is 2.39. The second-order valence-corrected chi connectivity index (χ2v) is 10.2. The first-order valence-electron chi connectivity index (χ1n) is 12.9. The van der Waals surface area contributed by atoms with Gasteiger partial charge < -0.3 is 20.1 Å². The minimum Gasteiger partial charge on any atom is -0.369 e. The molecule has 0 radical (unpaired) electrons. The second kappa shape index (κ2) is 10.4. The summed E-state index contributed by atoms with van der Waals surface area (Å²) in [5.74, 6) is -2.86. The van der Waals surface area contributed by atoms with Crippen LogP contribution in [0.3, 0.4) is 0 Å². The van der Waals surface area contributed by atoms with Crippen molar-refractivity contribution in [1.82, 2.24) is 9.88 Å². The summed E-state index contributed by atoms with van der Waals surface area (Å²) in [5, 5.41) is 5.57. The lowest BCUT2D eigenvalue weighted by atomic mass is 9.83. The summed E-state index contributed by atoms with van der Waals surface area (Å²) in [5.41, 5.74) is 1.55. The molecule has 3 aromatic rings. The van der Waals surface area contributed by atoms with Gasteiger partial charge in [-0.25, -0.2) is 8.78 Å². The van der Waals surface area contributed by atoms with Gasteiger partial charge >= 0.3 is 0 Å². The van der Waals surface area contributed by atoms with E-state index >= 15 is 0 Å². The molecule has 2 N–H and O–H groups in total. The fraction of sp³-hybridized carbons (Fsp3) is 0.345. The predicted molar refractivity (Wildman–Crippen MR) is 142 cm³/mol. The Morgan fingerprint density at radius 1 is 1.00 bits per heavy atom. The number of benzene rings is 2. The zero-order valence-corrected chi connectivity index (χ0v) is 21.3. The minimum absolute atomic E-state index is 0.0119. The van der Waals surface area contributed by atoms with Crippen molar-refractivity contribution in [1.29, 1.82) is 0 Å². The van der Waals surface area contributed by atoms with E-state index in [1.165, 1.54) is 6.07 Å². The fourth-order valence-corrected chi connectivity index (χ4v) is 5.46. The van der Waals surface area contributed by atoms with Crippen molar-refractivity contribution < 1.29 is 18.4 Å². The average molecular weight is 521 g/mol. The zero-order chi connectivity index (χ0) is 27.0. The Balaban J connectivity index is 1.50. The number of fused-ring (bicyclic) bond motifs is 4. The normalized spacial score (nSPS) is 18.9. The topological polar surface area (TPSA) is 83.4 Å². The molecule has 2 aliphatic heterocycles. The van der Waals surface area contributed by atoms with Crippen molar-refractivity contribution in [2.45, 2.75) is 45.2 Å². The molecule has 5 rings (SSSR count). The molecule has 0 saturated carbocycles. The highest BCUT2D eigenvalue weighted by atomic mass is 19.1. The third-order valence-corrected chi connectivity index (χ3v) is 7.51. The van der Waals surface area contributed by atoms with Gasteiger partial charge in [0.2, 0.25) is 0 Å². The van der Waals surface area contributed by atoms with Gasteiger partial charge in [-0.05, 0) is 62.1 Å². The molecule has 0 spiro atoms.